The standard InChI is InChI=1S/C20H16BrNO2/c21-16-10-12-17(13-11-16)24-14-20(23)22-19-9-5-4-8-18(19)15-6-2-1-3-7-15/h1-13H,14H2,(H,22,23). The predicted molar refractivity (Wildman–Crippen MR) is 100 cm³/mol. The molecular formula is C20H16BrNO2. The van der Waals surface area contributed by atoms with E-state index in [0.29, 0.717) is 5.75 Å². The highest BCUT2D eigenvalue weighted by atomic mass is 79.9. The fraction of sp³-hybridized carbons (Fsp3) is 0.0500. The van der Waals surface area contributed by atoms with E-state index in [9.17, 15) is 4.79 Å². The fourth-order valence-electron chi connectivity index (χ4n) is 2.33. The van der Waals surface area contributed by atoms with Gasteiger partial charge in [-0.15, -0.1) is 0 Å². The molecule has 120 valence electrons. The third kappa shape index (κ3) is 4.24. The molecule has 24 heavy (non-hydrogen) atoms. The van der Waals surface area contributed by atoms with Gasteiger partial charge >= 0.3 is 0 Å². The zero-order valence-corrected chi connectivity index (χ0v) is 14.5. The molecule has 0 radical (unpaired) electrons. The lowest BCUT2D eigenvalue weighted by Crippen LogP contribution is -2.20. The number of amides is 1. The van der Waals surface area contributed by atoms with Crippen LogP contribution in [0.15, 0.2) is 83.3 Å². The van der Waals surface area contributed by atoms with E-state index >= 15 is 0 Å². The average molecular weight is 382 g/mol. The van der Waals surface area contributed by atoms with Crippen LogP contribution in [0.25, 0.3) is 11.1 Å². The quantitative estimate of drug-likeness (QED) is 0.664. The van der Waals surface area contributed by atoms with Crippen LogP contribution in [0.4, 0.5) is 5.69 Å². The first-order chi connectivity index (χ1) is 11.7. The number of anilines is 1. The first-order valence-corrected chi connectivity index (χ1v) is 8.34. The van der Waals surface area contributed by atoms with Crippen molar-refractivity contribution in [1.82, 2.24) is 0 Å². The second-order valence-corrected chi connectivity index (χ2v) is 6.12. The monoisotopic (exact) mass is 381 g/mol. The van der Waals surface area contributed by atoms with Crippen LogP contribution in [0, 0.1) is 0 Å². The lowest BCUT2D eigenvalue weighted by Gasteiger charge is -2.12. The van der Waals surface area contributed by atoms with Gasteiger partial charge in [0.1, 0.15) is 5.75 Å². The molecule has 0 unspecified atom stereocenters. The Hall–Kier alpha value is -2.59. The summed E-state index contributed by atoms with van der Waals surface area (Å²) < 4.78 is 6.48. The SMILES string of the molecule is O=C(COc1ccc(Br)cc1)Nc1ccccc1-c1ccccc1. The highest BCUT2D eigenvalue weighted by molar-refractivity contribution is 9.10. The molecule has 3 nitrogen and oxygen atoms in total. The Morgan fingerprint density at radius 3 is 2.29 bits per heavy atom. The van der Waals surface area contributed by atoms with Gasteiger partial charge in [-0.1, -0.05) is 64.5 Å². The van der Waals surface area contributed by atoms with Gasteiger partial charge < -0.3 is 10.1 Å². The largest absolute Gasteiger partial charge is 0.484 e. The third-order valence-electron chi connectivity index (χ3n) is 3.47. The van der Waals surface area contributed by atoms with Crippen molar-refractivity contribution in [2.24, 2.45) is 0 Å². The van der Waals surface area contributed by atoms with Gasteiger partial charge in [-0.2, -0.15) is 0 Å². The molecule has 0 aliphatic rings. The Morgan fingerprint density at radius 1 is 0.875 bits per heavy atom. The van der Waals surface area contributed by atoms with Crippen molar-refractivity contribution in [3.05, 3.63) is 83.3 Å². The van der Waals surface area contributed by atoms with Crippen molar-refractivity contribution in [3.8, 4) is 16.9 Å². The maximum atomic E-state index is 12.2. The predicted octanol–water partition coefficient (Wildman–Crippen LogP) is 5.13. The van der Waals surface area contributed by atoms with Gasteiger partial charge in [0.15, 0.2) is 6.61 Å². The van der Waals surface area contributed by atoms with Crippen molar-refractivity contribution in [2.45, 2.75) is 0 Å². The fourth-order valence-corrected chi connectivity index (χ4v) is 2.59. The molecule has 3 aromatic carbocycles. The molecule has 3 aromatic rings. The number of para-hydroxylation sites is 1. The number of benzene rings is 3. The van der Waals surface area contributed by atoms with E-state index < -0.39 is 0 Å². The first-order valence-electron chi connectivity index (χ1n) is 7.55. The van der Waals surface area contributed by atoms with Crippen molar-refractivity contribution >= 4 is 27.5 Å². The van der Waals surface area contributed by atoms with Gasteiger partial charge in [-0.3, -0.25) is 4.79 Å². The molecule has 0 aromatic heterocycles. The molecule has 1 amide bonds. The summed E-state index contributed by atoms with van der Waals surface area (Å²) >= 11 is 3.37. The molecule has 0 aliphatic heterocycles. The molecule has 0 saturated heterocycles. The number of halogens is 1. The van der Waals surface area contributed by atoms with Crippen LogP contribution >= 0.6 is 15.9 Å². The minimum atomic E-state index is -0.193. The smallest absolute Gasteiger partial charge is 0.262 e. The van der Waals surface area contributed by atoms with Gasteiger partial charge in [0.2, 0.25) is 0 Å². The summed E-state index contributed by atoms with van der Waals surface area (Å²) in [7, 11) is 0. The van der Waals surface area contributed by atoms with E-state index in [1.165, 1.54) is 0 Å². The molecule has 4 heteroatoms. The van der Waals surface area contributed by atoms with Crippen molar-refractivity contribution in [3.63, 3.8) is 0 Å². The maximum absolute atomic E-state index is 12.2. The van der Waals surface area contributed by atoms with E-state index in [-0.39, 0.29) is 12.5 Å². The number of carbonyl (C=O) groups is 1. The minimum Gasteiger partial charge on any atom is -0.484 e. The molecule has 1 N–H and O–H groups in total. The molecule has 0 heterocycles. The van der Waals surface area contributed by atoms with E-state index in [4.69, 9.17) is 4.74 Å². The second kappa shape index (κ2) is 7.79. The lowest BCUT2D eigenvalue weighted by molar-refractivity contribution is -0.118. The molecule has 0 atom stereocenters. The van der Waals surface area contributed by atoms with Crippen LogP contribution in [0.2, 0.25) is 0 Å². The summed E-state index contributed by atoms with van der Waals surface area (Å²) in [6.45, 7) is -0.0369. The Balaban J connectivity index is 1.67. The van der Waals surface area contributed by atoms with E-state index in [0.717, 1.165) is 21.3 Å². The van der Waals surface area contributed by atoms with Gasteiger partial charge in [-0.25, -0.2) is 0 Å². The van der Waals surface area contributed by atoms with Crippen molar-refractivity contribution < 1.29 is 9.53 Å². The molecular weight excluding hydrogens is 366 g/mol. The summed E-state index contributed by atoms with van der Waals surface area (Å²) in [4.78, 5) is 12.2. The zero-order valence-electron chi connectivity index (χ0n) is 12.9. The van der Waals surface area contributed by atoms with Crippen LogP contribution in [-0.4, -0.2) is 12.5 Å². The highest BCUT2D eigenvalue weighted by Crippen LogP contribution is 2.27. The van der Waals surface area contributed by atoms with Crippen LogP contribution in [0.3, 0.4) is 0 Å². The molecule has 0 saturated carbocycles. The molecule has 0 bridgehead atoms. The lowest BCUT2D eigenvalue weighted by atomic mass is 10.0. The van der Waals surface area contributed by atoms with Gasteiger partial charge in [0.05, 0.1) is 0 Å². The first kappa shape index (κ1) is 16.3. The van der Waals surface area contributed by atoms with E-state index in [2.05, 4.69) is 21.2 Å². The summed E-state index contributed by atoms with van der Waals surface area (Å²) in [5, 5.41) is 2.92. The Kier molecular flexibility index (Phi) is 5.29. The molecule has 3 rings (SSSR count). The second-order valence-electron chi connectivity index (χ2n) is 5.20. The summed E-state index contributed by atoms with van der Waals surface area (Å²) in [5.74, 6) is 0.464. The number of carbonyl (C=O) groups excluding carboxylic acids is 1. The minimum absolute atomic E-state index is 0.0369. The highest BCUT2D eigenvalue weighted by Gasteiger charge is 2.08. The number of nitrogens with one attached hydrogen (secondary N) is 1. The number of ether oxygens (including phenoxy) is 1. The van der Waals surface area contributed by atoms with Gasteiger partial charge in [-0.05, 0) is 35.9 Å². The number of hydrogen-bond acceptors (Lipinski definition) is 2. The Morgan fingerprint density at radius 2 is 1.54 bits per heavy atom. The van der Waals surface area contributed by atoms with Crippen LogP contribution in [0.1, 0.15) is 0 Å². The van der Waals surface area contributed by atoms with E-state index in [1.807, 2.05) is 78.9 Å². The molecule has 0 aliphatic carbocycles. The topological polar surface area (TPSA) is 38.3 Å². The molecule has 0 spiro atoms. The zero-order chi connectivity index (χ0) is 16.8. The van der Waals surface area contributed by atoms with Crippen LogP contribution in [-0.2, 0) is 4.79 Å². The Labute approximate surface area is 149 Å². The van der Waals surface area contributed by atoms with E-state index in [1.54, 1.807) is 0 Å². The van der Waals surface area contributed by atoms with Gasteiger partial charge in [0.25, 0.3) is 5.91 Å². The third-order valence-corrected chi connectivity index (χ3v) is 4.00. The molecule has 0 fully saturated rings. The summed E-state index contributed by atoms with van der Waals surface area (Å²) in [6, 6.07) is 25.1. The summed E-state index contributed by atoms with van der Waals surface area (Å²) in [5.41, 5.74) is 2.81. The maximum Gasteiger partial charge on any atom is 0.262 e. The van der Waals surface area contributed by atoms with Crippen molar-refractivity contribution in [1.29, 1.82) is 0 Å². The Bertz CT molecular complexity index is 817. The average Bonchev–Trinajstić information content (AvgIpc) is 2.62. The number of rotatable bonds is 5. The number of hydrogen-bond donors (Lipinski definition) is 1. The van der Waals surface area contributed by atoms with Crippen molar-refractivity contribution in [2.75, 3.05) is 11.9 Å². The normalized spacial score (nSPS) is 10.2. The summed E-state index contributed by atoms with van der Waals surface area (Å²) in [6.07, 6.45) is 0. The van der Waals surface area contributed by atoms with Crippen LogP contribution in [0.5, 0.6) is 5.75 Å². The van der Waals surface area contributed by atoms with Gasteiger partial charge in [0, 0.05) is 15.7 Å². The van der Waals surface area contributed by atoms with Crippen LogP contribution < -0.4 is 10.1 Å².